The van der Waals surface area contributed by atoms with E-state index in [2.05, 4.69) is 14.7 Å². The third-order valence-corrected chi connectivity index (χ3v) is 6.71. The van der Waals surface area contributed by atoms with Crippen molar-refractivity contribution in [2.45, 2.75) is 44.9 Å². The van der Waals surface area contributed by atoms with Gasteiger partial charge in [0.15, 0.2) is 0 Å². The second kappa shape index (κ2) is 10.2. The van der Waals surface area contributed by atoms with Crippen LogP contribution in [-0.2, 0) is 11.3 Å². The first-order valence-corrected chi connectivity index (χ1v) is 12.0. The van der Waals surface area contributed by atoms with E-state index in [4.69, 9.17) is 11.6 Å². The number of hydrogen-bond donors (Lipinski definition) is 0. The van der Waals surface area contributed by atoms with Crippen LogP contribution in [0.4, 0.5) is 36.8 Å². The van der Waals surface area contributed by atoms with Crippen LogP contribution < -0.4 is 4.90 Å². The van der Waals surface area contributed by atoms with Crippen LogP contribution in [0.3, 0.4) is 0 Å². The van der Waals surface area contributed by atoms with Gasteiger partial charge in [-0.1, -0.05) is 17.7 Å². The minimum absolute atomic E-state index is 0.0616. The highest BCUT2D eigenvalue weighted by Crippen LogP contribution is 2.36. The molecule has 2 saturated heterocycles. The van der Waals surface area contributed by atoms with E-state index in [1.54, 1.807) is 6.07 Å². The molecule has 0 spiro atoms. The average Bonchev–Trinajstić information content (AvgIpc) is 3.09. The zero-order valence-corrected chi connectivity index (χ0v) is 20.9. The standard InChI is InChI=1S/C23H26ClF6N5O2/c1-14-9-15(2)35(31-14)18-12-34(13-18)19-10-17(24)4-3-16(19)11-32-5-7-33(8-6-32)21(36)37-20(22(25,26)27)23(28,29)30/h3-4,9-10,18,20H,5-8,11-13H2,1-2H3. The molecule has 0 aliphatic carbocycles. The van der Waals surface area contributed by atoms with Crippen LogP contribution in [0.1, 0.15) is 23.0 Å². The zero-order chi connectivity index (χ0) is 27.1. The topological polar surface area (TPSA) is 53.8 Å². The molecule has 1 aromatic heterocycles. The summed E-state index contributed by atoms with van der Waals surface area (Å²) in [6.07, 6.45) is -17.3. The van der Waals surface area contributed by atoms with Crippen LogP contribution >= 0.6 is 11.6 Å². The van der Waals surface area contributed by atoms with Crippen molar-refractivity contribution in [1.29, 1.82) is 0 Å². The number of piperazine rings is 1. The van der Waals surface area contributed by atoms with Crippen molar-refractivity contribution in [2.24, 2.45) is 0 Å². The summed E-state index contributed by atoms with van der Waals surface area (Å²) in [7, 11) is 0. The minimum atomic E-state index is -5.74. The summed E-state index contributed by atoms with van der Waals surface area (Å²) in [5.41, 5.74) is 3.96. The highest BCUT2D eigenvalue weighted by atomic mass is 35.5. The van der Waals surface area contributed by atoms with Gasteiger partial charge in [-0.15, -0.1) is 0 Å². The summed E-state index contributed by atoms with van der Waals surface area (Å²) in [4.78, 5) is 17.0. The Bertz CT molecular complexity index is 1110. The maximum absolute atomic E-state index is 12.7. The fraction of sp³-hybridized carbons (Fsp3) is 0.565. The lowest BCUT2D eigenvalue weighted by Crippen LogP contribution is -2.52. The second-order valence-electron chi connectivity index (χ2n) is 9.31. The van der Waals surface area contributed by atoms with Crippen LogP contribution in [-0.4, -0.2) is 83.4 Å². The largest absolute Gasteiger partial charge is 0.434 e. The fourth-order valence-corrected chi connectivity index (χ4v) is 4.78. The van der Waals surface area contributed by atoms with Crippen molar-refractivity contribution in [2.75, 3.05) is 44.2 Å². The summed E-state index contributed by atoms with van der Waals surface area (Å²) in [6, 6.07) is 7.78. The summed E-state index contributed by atoms with van der Waals surface area (Å²) >= 11 is 6.25. The Hall–Kier alpha value is -2.67. The molecule has 2 aromatic rings. The van der Waals surface area contributed by atoms with Crippen molar-refractivity contribution >= 4 is 23.4 Å². The van der Waals surface area contributed by atoms with Crippen LogP contribution in [0.15, 0.2) is 24.3 Å². The molecular weight excluding hydrogens is 528 g/mol. The van der Waals surface area contributed by atoms with Crippen molar-refractivity contribution in [3.05, 3.63) is 46.2 Å². The van der Waals surface area contributed by atoms with Gasteiger partial charge >= 0.3 is 18.4 Å². The average molecular weight is 554 g/mol. The molecule has 7 nitrogen and oxygen atoms in total. The summed E-state index contributed by atoms with van der Waals surface area (Å²) in [5, 5.41) is 5.12. The number of aromatic nitrogens is 2. The summed E-state index contributed by atoms with van der Waals surface area (Å²) < 4.78 is 82.1. The molecule has 37 heavy (non-hydrogen) atoms. The van der Waals surface area contributed by atoms with Crippen molar-refractivity contribution in [3.63, 3.8) is 0 Å². The number of carbonyl (C=O) groups is 1. The maximum Gasteiger partial charge on any atom is 0.434 e. The van der Waals surface area contributed by atoms with E-state index in [1.807, 2.05) is 41.6 Å². The van der Waals surface area contributed by atoms with E-state index < -0.39 is 24.5 Å². The number of benzene rings is 1. The molecule has 0 saturated carbocycles. The van der Waals surface area contributed by atoms with Crippen LogP contribution in [0.2, 0.25) is 5.02 Å². The molecule has 3 heterocycles. The number of ether oxygens (including phenoxy) is 1. The van der Waals surface area contributed by atoms with E-state index in [0.29, 0.717) is 11.6 Å². The SMILES string of the molecule is Cc1cc(C)n(C2CN(c3cc(Cl)ccc3CN3CCN(C(=O)OC(C(F)(F)F)C(F)(F)F)CC3)C2)n1. The van der Waals surface area contributed by atoms with E-state index in [0.717, 1.165) is 40.6 Å². The van der Waals surface area contributed by atoms with Crippen LogP contribution in [0.25, 0.3) is 0 Å². The molecule has 0 radical (unpaired) electrons. The van der Waals surface area contributed by atoms with E-state index in [9.17, 15) is 31.1 Å². The Morgan fingerprint density at radius 3 is 2.22 bits per heavy atom. The molecule has 4 rings (SSSR count). The van der Waals surface area contributed by atoms with Gasteiger partial charge in [0.25, 0.3) is 6.10 Å². The molecule has 0 atom stereocenters. The van der Waals surface area contributed by atoms with Crippen LogP contribution in [0, 0.1) is 13.8 Å². The first kappa shape index (κ1) is 27.4. The third kappa shape index (κ3) is 6.25. The number of amides is 1. The first-order chi connectivity index (χ1) is 17.2. The Morgan fingerprint density at radius 1 is 1.05 bits per heavy atom. The zero-order valence-electron chi connectivity index (χ0n) is 20.1. The van der Waals surface area contributed by atoms with Gasteiger partial charge in [-0.05, 0) is 37.6 Å². The van der Waals surface area contributed by atoms with Gasteiger partial charge in [-0.3, -0.25) is 9.58 Å². The van der Waals surface area contributed by atoms with Crippen molar-refractivity contribution in [3.8, 4) is 0 Å². The molecule has 1 aromatic carbocycles. The lowest BCUT2D eigenvalue weighted by molar-refractivity contribution is -0.308. The van der Waals surface area contributed by atoms with Gasteiger partial charge < -0.3 is 14.5 Å². The minimum Gasteiger partial charge on any atom is -0.426 e. The van der Waals surface area contributed by atoms with E-state index in [-0.39, 0.29) is 32.2 Å². The number of halogens is 7. The lowest BCUT2D eigenvalue weighted by Gasteiger charge is -2.43. The van der Waals surface area contributed by atoms with Gasteiger partial charge in [0.2, 0.25) is 0 Å². The predicted octanol–water partition coefficient (Wildman–Crippen LogP) is 4.96. The molecule has 0 bridgehead atoms. The molecule has 1 amide bonds. The van der Waals surface area contributed by atoms with Gasteiger partial charge in [-0.25, -0.2) is 4.79 Å². The molecular formula is C23H26ClF6N5O2. The van der Waals surface area contributed by atoms with Gasteiger partial charge in [-0.2, -0.15) is 31.4 Å². The first-order valence-electron chi connectivity index (χ1n) is 11.6. The predicted molar refractivity (Wildman–Crippen MR) is 124 cm³/mol. The Kier molecular flexibility index (Phi) is 7.57. The van der Waals surface area contributed by atoms with E-state index >= 15 is 0 Å². The number of aryl methyl sites for hydroxylation is 2. The maximum atomic E-state index is 12.7. The number of anilines is 1. The normalized spacial score (nSPS) is 17.9. The van der Waals surface area contributed by atoms with Crippen molar-refractivity contribution < 1.29 is 35.9 Å². The molecule has 0 unspecified atom stereocenters. The Balaban J connectivity index is 1.35. The number of carbonyl (C=O) groups excluding carboxylic acids is 1. The molecule has 0 N–H and O–H groups in total. The van der Waals surface area contributed by atoms with Gasteiger partial charge in [0, 0.05) is 62.2 Å². The third-order valence-electron chi connectivity index (χ3n) is 6.48. The smallest absolute Gasteiger partial charge is 0.426 e. The lowest BCUT2D eigenvalue weighted by atomic mass is 10.0. The Labute approximate surface area is 214 Å². The molecule has 14 heteroatoms. The van der Waals surface area contributed by atoms with Crippen LogP contribution in [0.5, 0.6) is 0 Å². The molecule has 2 aliphatic heterocycles. The van der Waals surface area contributed by atoms with Gasteiger partial charge in [0.1, 0.15) is 0 Å². The highest BCUT2D eigenvalue weighted by Gasteiger charge is 2.60. The fourth-order valence-electron chi connectivity index (χ4n) is 4.61. The molecule has 2 fully saturated rings. The monoisotopic (exact) mass is 553 g/mol. The van der Waals surface area contributed by atoms with Gasteiger partial charge in [0.05, 0.1) is 11.7 Å². The number of alkyl halides is 6. The Morgan fingerprint density at radius 2 is 1.68 bits per heavy atom. The van der Waals surface area contributed by atoms with Crippen molar-refractivity contribution in [1.82, 2.24) is 19.6 Å². The molecule has 2 aliphatic rings. The summed E-state index contributed by atoms with van der Waals surface area (Å²) in [6.45, 7) is 6.31. The second-order valence-corrected chi connectivity index (χ2v) is 9.75. The molecule has 204 valence electrons. The summed E-state index contributed by atoms with van der Waals surface area (Å²) in [5.74, 6) is 0. The number of nitrogens with zero attached hydrogens (tertiary/aromatic N) is 5. The number of rotatable bonds is 5. The number of hydrogen-bond acceptors (Lipinski definition) is 5. The highest BCUT2D eigenvalue weighted by molar-refractivity contribution is 6.30. The van der Waals surface area contributed by atoms with E-state index in [1.165, 1.54) is 0 Å². The quantitative estimate of drug-likeness (QED) is 0.490.